The van der Waals surface area contributed by atoms with E-state index < -0.39 is 6.09 Å². The zero-order valence-electron chi connectivity index (χ0n) is 9.48. The number of hydrogen-bond acceptors (Lipinski definition) is 3. The molecule has 1 saturated carbocycles. The second-order valence-corrected chi connectivity index (χ2v) is 4.99. The van der Waals surface area contributed by atoms with E-state index in [1.54, 1.807) is 12.3 Å². The molecule has 0 unspecified atom stereocenters. The summed E-state index contributed by atoms with van der Waals surface area (Å²) in [7, 11) is 0. The zero-order valence-corrected chi connectivity index (χ0v) is 11.1. The lowest BCUT2D eigenvalue weighted by Gasteiger charge is -2.31. The van der Waals surface area contributed by atoms with Crippen molar-refractivity contribution in [2.45, 2.75) is 18.9 Å². The van der Waals surface area contributed by atoms with Crippen molar-refractivity contribution < 1.29 is 9.90 Å². The lowest BCUT2D eigenvalue weighted by molar-refractivity contribution is 0.176. The number of aromatic nitrogens is 1. The van der Waals surface area contributed by atoms with E-state index in [-0.39, 0.29) is 12.0 Å². The number of nitrogens with one attached hydrogen (secondary N) is 1. The molecular formula is C12H12BrN3O2. The molecular weight excluding hydrogens is 298 g/mol. The van der Waals surface area contributed by atoms with Crippen LogP contribution in [0.5, 0.6) is 0 Å². The molecule has 5 nitrogen and oxygen atoms in total. The van der Waals surface area contributed by atoms with Gasteiger partial charge in [0.2, 0.25) is 0 Å². The fraction of sp³-hybridized carbons (Fsp3) is 0.333. The maximum absolute atomic E-state index is 10.4. The number of rotatable bonds is 1. The van der Waals surface area contributed by atoms with Gasteiger partial charge in [0.1, 0.15) is 5.82 Å². The van der Waals surface area contributed by atoms with Crippen LogP contribution in [0.25, 0.3) is 0 Å². The summed E-state index contributed by atoms with van der Waals surface area (Å²) >= 11 is 3.37. The third-order valence-electron chi connectivity index (χ3n) is 2.80. The van der Waals surface area contributed by atoms with Gasteiger partial charge in [0.15, 0.2) is 0 Å². The molecule has 94 valence electrons. The molecule has 2 rings (SSSR count). The number of carbonyl (C=O) groups is 1. The zero-order chi connectivity index (χ0) is 13.1. The monoisotopic (exact) mass is 309 g/mol. The van der Waals surface area contributed by atoms with E-state index >= 15 is 0 Å². The minimum atomic E-state index is -0.981. The Hall–Kier alpha value is -1.74. The number of amides is 1. The minimum Gasteiger partial charge on any atom is -0.465 e. The molecule has 1 fully saturated rings. The Bertz CT molecular complexity index is 510. The first-order chi connectivity index (χ1) is 8.56. The van der Waals surface area contributed by atoms with Gasteiger partial charge in [-0.15, -0.1) is 0 Å². The number of carboxylic acid groups (broad SMARTS) is 1. The standard InChI is InChI=1S/C12H12BrN3O2/c13-10-3-4-15-11(14)9(10)2-1-7-5-8(6-7)16-12(17)18/h3-4,7-8,16H,5-6H2,(H2,14,15)(H,17,18)/t7-,8+. The predicted molar refractivity (Wildman–Crippen MR) is 70.9 cm³/mol. The van der Waals surface area contributed by atoms with Crippen LogP contribution in [0, 0.1) is 17.8 Å². The number of nitrogen functional groups attached to an aromatic ring is 1. The minimum absolute atomic E-state index is 0.0245. The lowest BCUT2D eigenvalue weighted by Crippen LogP contribution is -2.43. The Morgan fingerprint density at radius 3 is 2.94 bits per heavy atom. The van der Waals surface area contributed by atoms with Gasteiger partial charge in [-0.1, -0.05) is 11.8 Å². The Balaban J connectivity index is 1.97. The van der Waals surface area contributed by atoms with Crippen molar-refractivity contribution in [3.63, 3.8) is 0 Å². The van der Waals surface area contributed by atoms with Crippen LogP contribution in [-0.2, 0) is 0 Å². The van der Waals surface area contributed by atoms with Crippen LogP contribution in [0.3, 0.4) is 0 Å². The fourth-order valence-corrected chi connectivity index (χ4v) is 2.20. The molecule has 1 amide bonds. The molecule has 1 aromatic heterocycles. The van der Waals surface area contributed by atoms with Gasteiger partial charge >= 0.3 is 6.09 Å². The average Bonchev–Trinajstić information content (AvgIpc) is 2.23. The first kappa shape index (κ1) is 12.7. The molecule has 1 aliphatic carbocycles. The van der Waals surface area contributed by atoms with Gasteiger partial charge in [-0.3, -0.25) is 0 Å². The number of pyridine rings is 1. The highest BCUT2D eigenvalue weighted by Gasteiger charge is 2.28. The van der Waals surface area contributed by atoms with Crippen molar-refractivity contribution in [1.82, 2.24) is 10.3 Å². The number of nitrogens with zero attached hydrogens (tertiary/aromatic N) is 1. The Morgan fingerprint density at radius 1 is 1.61 bits per heavy atom. The van der Waals surface area contributed by atoms with Crippen LogP contribution in [0.15, 0.2) is 16.7 Å². The molecule has 4 N–H and O–H groups in total. The molecule has 0 aliphatic heterocycles. The summed E-state index contributed by atoms with van der Waals surface area (Å²) in [5.41, 5.74) is 6.41. The first-order valence-corrected chi connectivity index (χ1v) is 6.26. The maximum Gasteiger partial charge on any atom is 0.404 e. The van der Waals surface area contributed by atoms with E-state index in [1.165, 1.54) is 0 Å². The van der Waals surface area contributed by atoms with Crippen molar-refractivity contribution in [1.29, 1.82) is 0 Å². The van der Waals surface area contributed by atoms with Crippen LogP contribution < -0.4 is 11.1 Å². The Morgan fingerprint density at radius 2 is 2.33 bits per heavy atom. The van der Waals surface area contributed by atoms with Gasteiger partial charge in [-0.2, -0.15) is 0 Å². The molecule has 1 heterocycles. The molecule has 0 bridgehead atoms. The van der Waals surface area contributed by atoms with Gasteiger partial charge in [0.05, 0.1) is 5.56 Å². The van der Waals surface area contributed by atoms with Crippen LogP contribution >= 0.6 is 15.9 Å². The van der Waals surface area contributed by atoms with Gasteiger partial charge in [0, 0.05) is 22.6 Å². The van der Waals surface area contributed by atoms with E-state index in [0.717, 1.165) is 17.3 Å². The molecule has 1 aromatic rings. The molecule has 1 aliphatic rings. The second-order valence-electron chi connectivity index (χ2n) is 4.14. The largest absolute Gasteiger partial charge is 0.465 e. The molecule has 0 saturated heterocycles. The summed E-state index contributed by atoms with van der Waals surface area (Å²) in [6.45, 7) is 0. The topological polar surface area (TPSA) is 88.2 Å². The number of hydrogen-bond donors (Lipinski definition) is 3. The van der Waals surface area contributed by atoms with Crippen LogP contribution in [0.1, 0.15) is 18.4 Å². The molecule has 0 atom stereocenters. The van der Waals surface area contributed by atoms with Crippen LogP contribution in [0.4, 0.5) is 10.6 Å². The van der Waals surface area contributed by atoms with Crippen molar-refractivity contribution in [3.8, 4) is 11.8 Å². The first-order valence-electron chi connectivity index (χ1n) is 5.47. The van der Waals surface area contributed by atoms with Gasteiger partial charge in [-0.25, -0.2) is 9.78 Å². The molecule has 0 spiro atoms. The Labute approximate surface area is 113 Å². The van der Waals surface area contributed by atoms with E-state index in [9.17, 15) is 4.79 Å². The highest BCUT2D eigenvalue weighted by molar-refractivity contribution is 9.10. The summed E-state index contributed by atoms with van der Waals surface area (Å²) in [4.78, 5) is 14.4. The Kier molecular flexibility index (Phi) is 3.72. The maximum atomic E-state index is 10.4. The van der Waals surface area contributed by atoms with Gasteiger partial charge < -0.3 is 16.2 Å². The molecule has 0 radical (unpaired) electrons. The van der Waals surface area contributed by atoms with E-state index in [2.05, 4.69) is 38.1 Å². The van der Waals surface area contributed by atoms with Gasteiger partial charge in [0.25, 0.3) is 0 Å². The molecule has 6 heteroatoms. The van der Waals surface area contributed by atoms with E-state index in [1.807, 2.05) is 0 Å². The number of halogens is 1. The van der Waals surface area contributed by atoms with Crippen molar-refractivity contribution in [2.24, 2.45) is 5.92 Å². The molecule has 18 heavy (non-hydrogen) atoms. The summed E-state index contributed by atoms with van der Waals surface area (Å²) in [6.07, 6.45) is 2.13. The summed E-state index contributed by atoms with van der Waals surface area (Å²) in [6, 6.07) is 1.81. The lowest BCUT2D eigenvalue weighted by atomic mass is 9.81. The summed E-state index contributed by atoms with van der Waals surface area (Å²) in [5.74, 6) is 6.70. The molecule has 0 aromatic carbocycles. The second kappa shape index (κ2) is 5.27. The van der Waals surface area contributed by atoms with E-state index in [4.69, 9.17) is 10.8 Å². The number of anilines is 1. The van der Waals surface area contributed by atoms with Crippen molar-refractivity contribution in [3.05, 3.63) is 22.3 Å². The highest BCUT2D eigenvalue weighted by atomic mass is 79.9. The predicted octanol–water partition coefficient (Wildman–Crippen LogP) is 1.82. The van der Waals surface area contributed by atoms with Crippen LogP contribution in [0.2, 0.25) is 0 Å². The summed E-state index contributed by atoms with van der Waals surface area (Å²) < 4.78 is 0.821. The average molecular weight is 310 g/mol. The summed E-state index contributed by atoms with van der Waals surface area (Å²) in [5, 5.41) is 11.0. The smallest absolute Gasteiger partial charge is 0.404 e. The van der Waals surface area contributed by atoms with E-state index in [0.29, 0.717) is 11.4 Å². The quantitative estimate of drug-likeness (QED) is 0.690. The SMILES string of the molecule is Nc1nccc(Br)c1C#C[C@H]1C[C@@H](NC(=O)O)C1. The van der Waals surface area contributed by atoms with Crippen molar-refractivity contribution >= 4 is 27.8 Å². The third kappa shape index (κ3) is 2.93. The van der Waals surface area contributed by atoms with Gasteiger partial charge in [-0.05, 0) is 34.8 Å². The van der Waals surface area contributed by atoms with Crippen LogP contribution in [-0.4, -0.2) is 22.2 Å². The van der Waals surface area contributed by atoms with Crippen molar-refractivity contribution in [2.75, 3.05) is 5.73 Å². The number of nitrogens with two attached hydrogens (primary N) is 1. The normalized spacial score (nSPS) is 21.4. The third-order valence-corrected chi connectivity index (χ3v) is 3.46. The highest BCUT2D eigenvalue weighted by Crippen LogP contribution is 2.27. The fourth-order valence-electron chi connectivity index (χ4n) is 1.78.